The molecule has 0 aliphatic carbocycles. The molecule has 0 unspecified atom stereocenters. The Hall–Kier alpha value is -2.30. The first-order valence-corrected chi connectivity index (χ1v) is 8.76. The molecule has 1 aromatic carbocycles. The number of fused-ring (bicyclic) bond motifs is 1. The van der Waals surface area contributed by atoms with Crippen molar-refractivity contribution < 1.29 is 9.59 Å². The summed E-state index contributed by atoms with van der Waals surface area (Å²) < 4.78 is 0. The molecule has 0 spiro atoms. The van der Waals surface area contributed by atoms with Gasteiger partial charge in [-0.25, -0.2) is 0 Å². The average molecular weight is 327 g/mol. The molecule has 1 aromatic heterocycles. The van der Waals surface area contributed by atoms with E-state index in [-0.39, 0.29) is 11.8 Å². The Morgan fingerprint density at radius 3 is 2.46 bits per heavy atom. The van der Waals surface area contributed by atoms with Crippen LogP contribution >= 0.6 is 0 Å². The van der Waals surface area contributed by atoms with E-state index >= 15 is 0 Å². The Balaban J connectivity index is 1.69. The fraction of sp³-hybridized carbons (Fsp3) is 0.474. The zero-order valence-corrected chi connectivity index (χ0v) is 14.5. The van der Waals surface area contributed by atoms with Crippen LogP contribution in [0.1, 0.15) is 42.2 Å². The average Bonchev–Trinajstić information content (AvgIpc) is 2.95. The monoisotopic (exact) mass is 327 g/mol. The second-order valence-corrected chi connectivity index (χ2v) is 6.45. The van der Waals surface area contributed by atoms with Gasteiger partial charge in [-0.2, -0.15) is 0 Å². The van der Waals surface area contributed by atoms with Gasteiger partial charge in [-0.1, -0.05) is 31.5 Å². The maximum Gasteiger partial charge on any atom is 0.256 e. The summed E-state index contributed by atoms with van der Waals surface area (Å²) in [5.41, 5.74) is 2.66. The van der Waals surface area contributed by atoms with E-state index in [9.17, 15) is 9.59 Å². The van der Waals surface area contributed by atoms with Gasteiger partial charge in [0.2, 0.25) is 5.91 Å². The molecule has 0 atom stereocenters. The van der Waals surface area contributed by atoms with E-state index in [4.69, 9.17) is 0 Å². The van der Waals surface area contributed by atoms with Crippen molar-refractivity contribution in [3.05, 3.63) is 35.5 Å². The van der Waals surface area contributed by atoms with Crippen LogP contribution in [0.4, 0.5) is 0 Å². The first kappa shape index (κ1) is 16.6. The lowest BCUT2D eigenvalue weighted by Crippen LogP contribution is -2.50. The Morgan fingerprint density at radius 1 is 1.08 bits per heavy atom. The molecule has 1 saturated heterocycles. The van der Waals surface area contributed by atoms with Gasteiger partial charge in [0.1, 0.15) is 0 Å². The summed E-state index contributed by atoms with van der Waals surface area (Å²) >= 11 is 0. The molecule has 24 heavy (non-hydrogen) atoms. The highest BCUT2D eigenvalue weighted by molar-refractivity contribution is 6.08. The summed E-state index contributed by atoms with van der Waals surface area (Å²) in [6, 6.07) is 7.89. The van der Waals surface area contributed by atoms with Crippen LogP contribution in [0, 0.1) is 6.92 Å². The van der Waals surface area contributed by atoms with Crippen molar-refractivity contribution in [1.82, 2.24) is 14.8 Å². The van der Waals surface area contributed by atoms with Gasteiger partial charge in [-0.05, 0) is 19.4 Å². The number of carbonyl (C=O) groups excluding carboxylic acids is 2. The number of carbonyl (C=O) groups is 2. The minimum atomic E-state index is 0.0607. The quantitative estimate of drug-likeness (QED) is 0.938. The predicted octanol–water partition coefficient (Wildman–Crippen LogP) is 2.95. The van der Waals surface area contributed by atoms with Crippen molar-refractivity contribution in [2.24, 2.45) is 0 Å². The van der Waals surface area contributed by atoms with Gasteiger partial charge in [0.25, 0.3) is 5.91 Å². The highest BCUT2D eigenvalue weighted by atomic mass is 16.2. The zero-order chi connectivity index (χ0) is 17.1. The smallest absolute Gasteiger partial charge is 0.256 e. The molecule has 1 aliphatic rings. The Morgan fingerprint density at radius 2 is 1.75 bits per heavy atom. The molecule has 1 fully saturated rings. The predicted molar refractivity (Wildman–Crippen MR) is 95.0 cm³/mol. The first-order chi connectivity index (χ1) is 11.6. The van der Waals surface area contributed by atoms with Crippen LogP contribution in [-0.2, 0) is 4.79 Å². The molecule has 0 bridgehead atoms. The molecular formula is C19H25N3O2. The van der Waals surface area contributed by atoms with E-state index < -0.39 is 0 Å². The number of amides is 2. The number of nitrogens with zero attached hydrogens (tertiary/aromatic N) is 2. The number of hydrogen-bond donors (Lipinski definition) is 1. The molecule has 128 valence electrons. The molecule has 3 rings (SSSR count). The summed E-state index contributed by atoms with van der Waals surface area (Å²) in [7, 11) is 0. The maximum absolute atomic E-state index is 12.9. The standard InChI is InChI=1S/C19H25N3O2/c1-3-4-9-17(23)21-10-12-22(13-11-21)19(24)18-14(2)20-16-8-6-5-7-15(16)18/h5-8,20H,3-4,9-13H2,1-2H3. The van der Waals surface area contributed by atoms with Crippen LogP contribution in [-0.4, -0.2) is 52.8 Å². The largest absolute Gasteiger partial charge is 0.358 e. The second kappa shape index (κ2) is 7.07. The third-order valence-corrected chi connectivity index (χ3v) is 4.77. The van der Waals surface area contributed by atoms with Crippen molar-refractivity contribution in [2.45, 2.75) is 33.1 Å². The van der Waals surface area contributed by atoms with Crippen molar-refractivity contribution in [1.29, 1.82) is 0 Å². The number of nitrogens with one attached hydrogen (secondary N) is 1. The van der Waals surface area contributed by atoms with Crippen molar-refractivity contribution >= 4 is 22.7 Å². The number of piperazine rings is 1. The SMILES string of the molecule is CCCCC(=O)N1CCN(C(=O)c2c(C)[nH]c3ccccc23)CC1. The maximum atomic E-state index is 12.9. The molecule has 2 amide bonds. The van der Waals surface area contributed by atoms with E-state index in [0.717, 1.165) is 35.0 Å². The van der Waals surface area contributed by atoms with Gasteiger partial charge < -0.3 is 14.8 Å². The van der Waals surface area contributed by atoms with Crippen LogP contribution < -0.4 is 0 Å². The fourth-order valence-corrected chi connectivity index (χ4v) is 3.36. The number of aryl methyl sites for hydroxylation is 1. The highest BCUT2D eigenvalue weighted by Crippen LogP contribution is 2.24. The van der Waals surface area contributed by atoms with Crippen molar-refractivity contribution in [3.63, 3.8) is 0 Å². The third-order valence-electron chi connectivity index (χ3n) is 4.77. The van der Waals surface area contributed by atoms with E-state index in [1.54, 1.807) is 0 Å². The summed E-state index contributed by atoms with van der Waals surface area (Å²) in [5, 5.41) is 0.974. The van der Waals surface area contributed by atoms with Gasteiger partial charge in [0.05, 0.1) is 5.56 Å². The van der Waals surface area contributed by atoms with E-state index in [1.807, 2.05) is 41.0 Å². The molecule has 2 aromatic rings. The van der Waals surface area contributed by atoms with E-state index in [1.165, 1.54) is 0 Å². The third kappa shape index (κ3) is 3.16. The van der Waals surface area contributed by atoms with E-state index in [2.05, 4.69) is 11.9 Å². The molecule has 1 aliphatic heterocycles. The first-order valence-electron chi connectivity index (χ1n) is 8.76. The van der Waals surface area contributed by atoms with Crippen LogP contribution in [0.2, 0.25) is 0 Å². The van der Waals surface area contributed by atoms with Crippen LogP contribution in [0.15, 0.2) is 24.3 Å². The second-order valence-electron chi connectivity index (χ2n) is 6.45. The molecule has 1 N–H and O–H groups in total. The molecule has 2 heterocycles. The molecular weight excluding hydrogens is 302 g/mol. The summed E-state index contributed by atoms with van der Waals surface area (Å²) in [5.74, 6) is 0.276. The Kier molecular flexibility index (Phi) is 4.88. The van der Waals surface area contributed by atoms with Crippen molar-refractivity contribution in [2.75, 3.05) is 26.2 Å². The van der Waals surface area contributed by atoms with Gasteiger partial charge >= 0.3 is 0 Å². The minimum absolute atomic E-state index is 0.0607. The number of aromatic amines is 1. The number of unbranched alkanes of at least 4 members (excludes halogenated alkanes) is 1. The summed E-state index contributed by atoms with van der Waals surface area (Å²) in [4.78, 5) is 32.1. The molecule has 5 nitrogen and oxygen atoms in total. The number of para-hydroxylation sites is 1. The minimum Gasteiger partial charge on any atom is -0.358 e. The van der Waals surface area contributed by atoms with Crippen molar-refractivity contribution in [3.8, 4) is 0 Å². The van der Waals surface area contributed by atoms with Crippen LogP contribution in [0.5, 0.6) is 0 Å². The Labute approximate surface area is 142 Å². The molecule has 5 heteroatoms. The lowest BCUT2D eigenvalue weighted by Gasteiger charge is -2.35. The highest BCUT2D eigenvalue weighted by Gasteiger charge is 2.27. The van der Waals surface area contributed by atoms with Crippen LogP contribution in [0.3, 0.4) is 0 Å². The number of H-pyrrole nitrogens is 1. The summed E-state index contributed by atoms with van der Waals surface area (Å²) in [6.45, 7) is 6.52. The summed E-state index contributed by atoms with van der Waals surface area (Å²) in [6.07, 6.45) is 2.59. The van der Waals surface area contributed by atoms with Gasteiger partial charge in [0.15, 0.2) is 0 Å². The van der Waals surface area contributed by atoms with Gasteiger partial charge in [-0.15, -0.1) is 0 Å². The van der Waals surface area contributed by atoms with Crippen LogP contribution in [0.25, 0.3) is 10.9 Å². The lowest BCUT2D eigenvalue weighted by molar-refractivity contribution is -0.132. The Bertz CT molecular complexity index is 742. The van der Waals surface area contributed by atoms with Gasteiger partial charge in [-0.3, -0.25) is 9.59 Å². The zero-order valence-electron chi connectivity index (χ0n) is 14.5. The topological polar surface area (TPSA) is 56.4 Å². The number of hydrogen-bond acceptors (Lipinski definition) is 2. The van der Waals surface area contributed by atoms with E-state index in [0.29, 0.717) is 32.6 Å². The van der Waals surface area contributed by atoms with Gasteiger partial charge in [0, 0.05) is 49.2 Å². The fourth-order valence-electron chi connectivity index (χ4n) is 3.36. The number of aromatic nitrogens is 1. The number of rotatable bonds is 4. The number of benzene rings is 1. The lowest BCUT2D eigenvalue weighted by atomic mass is 10.1. The molecule has 0 saturated carbocycles. The normalized spacial score (nSPS) is 15.1. The molecule has 0 radical (unpaired) electrons.